The Bertz CT molecular complexity index is 1090. The predicted octanol–water partition coefficient (Wildman–Crippen LogP) is 2.93. The predicted molar refractivity (Wildman–Crippen MR) is 103 cm³/mol. The van der Waals surface area contributed by atoms with E-state index in [4.69, 9.17) is 11.6 Å². The molecule has 0 radical (unpaired) electrons. The third-order valence-electron chi connectivity index (χ3n) is 3.63. The van der Waals surface area contributed by atoms with Gasteiger partial charge in [0.05, 0.1) is 5.02 Å². The van der Waals surface area contributed by atoms with Gasteiger partial charge in [0.25, 0.3) is 11.5 Å². The maximum Gasteiger partial charge on any atom is 0.276 e. The van der Waals surface area contributed by atoms with Gasteiger partial charge in [0.1, 0.15) is 18.1 Å². The first-order valence-electron chi connectivity index (χ1n) is 8.12. The van der Waals surface area contributed by atoms with Gasteiger partial charge in [0.15, 0.2) is 0 Å². The second-order valence-corrected chi connectivity index (χ2v) is 6.12. The van der Waals surface area contributed by atoms with Gasteiger partial charge in [-0.1, -0.05) is 29.8 Å². The lowest BCUT2D eigenvalue weighted by Crippen LogP contribution is -2.31. The lowest BCUT2D eigenvalue weighted by Gasteiger charge is -2.09. The van der Waals surface area contributed by atoms with E-state index in [1.807, 2.05) is 0 Å². The normalized spacial score (nSPS) is 10.4. The van der Waals surface area contributed by atoms with E-state index in [1.54, 1.807) is 30.3 Å². The first-order chi connectivity index (χ1) is 13.4. The van der Waals surface area contributed by atoms with Crippen LogP contribution < -0.4 is 16.2 Å². The summed E-state index contributed by atoms with van der Waals surface area (Å²) in [6, 6.07) is 14.8. The first kappa shape index (κ1) is 19.2. The Hall–Kier alpha value is -3.52. The summed E-state index contributed by atoms with van der Waals surface area (Å²) in [4.78, 5) is 36.4. The van der Waals surface area contributed by atoms with Crippen LogP contribution in [0.2, 0.25) is 5.02 Å². The number of benzene rings is 2. The number of carbonyl (C=O) groups is 2. The number of amides is 2. The highest BCUT2D eigenvalue weighted by Gasteiger charge is 2.13. The summed E-state index contributed by atoms with van der Waals surface area (Å²) < 4.78 is 14.0. The fourth-order valence-corrected chi connectivity index (χ4v) is 2.49. The number of hydrogen-bond acceptors (Lipinski definition) is 4. The molecule has 28 heavy (non-hydrogen) atoms. The van der Waals surface area contributed by atoms with Gasteiger partial charge in [-0.25, -0.2) is 9.07 Å². The summed E-state index contributed by atoms with van der Waals surface area (Å²) in [5, 5.41) is 8.91. The van der Waals surface area contributed by atoms with Crippen molar-refractivity contribution in [3.05, 3.63) is 87.6 Å². The molecule has 7 nitrogen and oxygen atoms in total. The highest BCUT2D eigenvalue weighted by molar-refractivity contribution is 6.31. The average Bonchev–Trinajstić information content (AvgIpc) is 2.67. The van der Waals surface area contributed by atoms with Crippen molar-refractivity contribution in [1.82, 2.24) is 9.78 Å². The average molecular weight is 401 g/mol. The van der Waals surface area contributed by atoms with Crippen molar-refractivity contribution in [2.75, 3.05) is 10.6 Å². The largest absolute Gasteiger partial charge is 0.324 e. The molecule has 0 saturated carbocycles. The summed E-state index contributed by atoms with van der Waals surface area (Å²) >= 11 is 5.67. The lowest BCUT2D eigenvalue weighted by molar-refractivity contribution is -0.117. The number of anilines is 2. The van der Waals surface area contributed by atoms with Gasteiger partial charge < -0.3 is 10.6 Å². The molecule has 0 aliphatic rings. The van der Waals surface area contributed by atoms with Gasteiger partial charge in [-0.2, -0.15) is 5.10 Å². The van der Waals surface area contributed by atoms with Crippen molar-refractivity contribution >= 4 is 34.8 Å². The third kappa shape index (κ3) is 4.80. The van der Waals surface area contributed by atoms with Gasteiger partial charge in [0.2, 0.25) is 5.91 Å². The van der Waals surface area contributed by atoms with Crippen LogP contribution in [-0.2, 0) is 11.3 Å². The highest BCUT2D eigenvalue weighted by Crippen LogP contribution is 2.19. The van der Waals surface area contributed by atoms with E-state index in [2.05, 4.69) is 15.7 Å². The molecule has 2 amide bonds. The van der Waals surface area contributed by atoms with Crippen LogP contribution in [0.1, 0.15) is 10.5 Å². The van der Waals surface area contributed by atoms with Crippen molar-refractivity contribution < 1.29 is 14.0 Å². The maximum absolute atomic E-state index is 13.2. The number of hydrogen-bond donors (Lipinski definition) is 2. The van der Waals surface area contributed by atoms with Crippen LogP contribution >= 0.6 is 11.6 Å². The first-order valence-corrected chi connectivity index (χ1v) is 8.49. The molecular weight excluding hydrogens is 387 g/mol. The van der Waals surface area contributed by atoms with Crippen LogP contribution in [0.5, 0.6) is 0 Å². The molecule has 3 rings (SSSR count). The topological polar surface area (TPSA) is 93.1 Å². The zero-order valence-electron chi connectivity index (χ0n) is 14.4. The fraction of sp³-hybridized carbons (Fsp3) is 0.0526. The van der Waals surface area contributed by atoms with Crippen LogP contribution in [0, 0.1) is 5.82 Å². The van der Waals surface area contributed by atoms with Crippen LogP contribution in [0.25, 0.3) is 0 Å². The molecule has 0 aliphatic heterocycles. The number of aromatic nitrogens is 2. The Kier molecular flexibility index (Phi) is 5.81. The molecule has 0 atom stereocenters. The second-order valence-electron chi connectivity index (χ2n) is 5.71. The minimum atomic E-state index is -0.616. The Balaban J connectivity index is 1.72. The van der Waals surface area contributed by atoms with Crippen molar-refractivity contribution in [3.8, 4) is 0 Å². The molecule has 3 aromatic rings. The Morgan fingerprint density at radius 2 is 1.75 bits per heavy atom. The summed E-state index contributed by atoms with van der Waals surface area (Å²) in [5.74, 6) is -1.72. The number of rotatable bonds is 5. The summed E-state index contributed by atoms with van der Waals surface area (Å²) in [7, 11) is 0. The minimum Gasteiger partial charge on any atom is -0.324 e. The Labute approximate surface area is 163 Å². The lowest BCUT2D eigenvalue weighted by atomic mass is 10.3. The molecule has 142 valence electrons. The molecule has 0 fully saturated rings. The number of nitrogens with zero attached hydrogens (tertiary/aromatic N) is 2. The molecule has 0 bridgehead atoms. The van der Waals surface area contributed by atoms with Crippen molar-refractivity contribution in [2.24, 2.45) is 0 Å². The molecule has 9 heteroatoms. The van der Waals surface area contributed by atoms with Crippen LogP contribution in [0.3, 0.4) is 0 Å². The summed E-state index contributed by atoms with van der Waals surface area (Å²) in [6.45, 7) is -0.430. The van der Waals surface area contributed by atoms with E-state index < -0.39 is 29.7 Å². The number of carbonyl (C=O) groups excluding carboxylic acids is 2. The molecule has 2 N–H and O–H groups in total. The highest BCUT2D eigenvalue weighted by atomic mass is 35.5. The van der Waals surface area contributed by atoms with E-state index in [-0.39, 0.29) is 16.4 Å². The van der Waals surface area contributed by atoms with Gasteiger partial charge >= 0.3 is 0 Å². The maximum atomic E-state index is 13.2. The van der Waals surface area contributed by atoms with Crippen molar-refractivity contribution in [2.45, 2.75) is 6.54 Å². The summed E-state index contributed by atoms with van der Waals surface area (Å²) in [6.07, 6.45) is 0. The van der Waals surface area contributed by atoms with E-state index in [0.29, 0.717) is 5.69 Å². The summed E-state index contributed by atoms with van der Waals surface area (Å²) in [5.41, 5.74) is 0.255. The van der Waals surface area contributed by atoms with Gasteiger partial charge in [0, 0.05) is 17.4 Å². The molecule has 1 heterocycles. The molecule has 0 unspecified atom stereocenters. The zero-order chi connectivity index (χ0) is 20.1. The second kappa shape index (κ2) is 8.45. The molecule has 0 aliphatic carbocycles. The van der Waals surface area contributed by atoms with Gasteiger partial charge in [-0.15, -0.1) is 0 Å². The molecule has 0 saturated heterocycles. The Morgan fingerprint density at radius 1 is 1.00 bits per heavy atom. The van der Waals surface area contributed by atoms with E-state index in [1.165, 1.54) is 18.2 Å². The van der Waals surface area contributed by atoms with Gasteiger partial charge in [-0.3, -0.25) is 14.4 Å². The number of halogens is 2. The smallest absolute Gasteiger partial charge is 0.276 e. The van der Waals surface area contributed by atoms with Gasteiger partial charge in [-0.05, 0) is 36.4 Å². The molecule has 1 aromatic heterocycles. The van der Waals surface area contributed by atoms with E-state index >= 15 is 0 Å². The molecule has 2 aromatic carbocycles. The van der Waals surface area contributed by atoms with E-state index in [0.717, 1.165) is 16.8 Å². The Morgan fingerprint density at radius 3 is 2.46 bits per heavy atom. The quantitative estimate of drug-likeness (QED) is 0.688. The molecule has 0 spiro atoms. The third-order valence-corrected chi connectivity index (χ3v) is 3.92. The number of nitrogens with one attached hydrogen (secondary N) is 2. The van der Waals surface area contributed by atoms with Crippen LogP contribution in [0.15, 0.2) is 65.5 Å². The van der Waals surface area contributed by atoms with E-state index in [9.17, 15) is 18.8 Å². The monoisotopic (exact) mass is 400 g/mol. The standard InChI is InChI=1S/C19H14ClFN4O3/c20-14-10-13(6-7-15(14)21)22-17(26)11-25-18(27)9-8-16(24-25)19(28)23-12-4-2-1-3-5-12/h1-10H,11H2,(H,22,26)(H,23,28). The zero-order valence-corrected chi connectivity index (χ0v) is 15.1. The number of para-hydroxylation sites is 1. The van der Waals surface area contributed by atoms with Crippen molar-refractivity contribution in [3.63, 3.8) is 0 Å². The minimum absolute atomic E-state index is 0.0268. The van der Waals surface area contributed by atoms with Crippen LogP contribution in [-0.4, -0.2) is 21.6 Å². The molecular formula is C19H14ClFN4O3. The SMILES string of the molecule is O=C(Cn1nc(C(=O)Nc2ccccc2)ccc1=O)Nc1ccc(F)c(Cl)c1. The van der Waals surface area contributed by atoms with Crippen LogP contribution in [0.4, 0.5) is 15.8 Å². The van der Waals surface area contributed by atoms with Crippen molar-refractivity contribution in [1.29, 1.82) is 0 Å². The fourth-order valence-electron chi connectivity index (χ4n) is 2.31.